The SMILES string of the molecule is NC(Cc1cc(Cl)ccc1F)c1cn[nH]n1. The molecule has 1 aromatic heterocycles. The Balaban J connectivity index is 2.17. The lowest BCUT2D eigenvalue weighted by molar-refractivity contribution is 0.589. The molecule has 0 aliphatic carbocycles. The van der Waals surface area contributed by atoms with Gasteiger partial charge in [-0.1, -0.05) is 11.6 Å². The number of rotatable bonds is 3. The summed E-state index contributed by atoms with van der Waals surface area (Å²) < 4.78 is 13.4. The molecule has 1 heterocycles. The molecule has 2 aromatic rings. The van der Waals surface area contributed by atoms with Crippen LogP contribution in [0.2, 0.25) is 5.02 Å². The third kappa shape index (κ3) is 2.37. The van der Waals surface area contributed by atoms with Crippen LogP contribution in [-0.2, 0) is 6.42 Å². The highest BCUT2D eigenvalue weighted by atomic mass is 35.5. The van der Waals surface area contributed by atoms with E-state index in [9.17, 15) is 4.39 Å². The van der Waals surface area contributed by atoms with E-state index >= 15 is 0 Å². The lowest BCUT2D eigenvalue weighted by atomic mass is 10.0. The second-order valence-electron chi connectivity index (χ2n) is 3.44. The maximum absolute atomic E-state index is 13.4. The van der Waals surface area contributed by atoms with Crippen LogP contribution in [0.1, 0.15) is 17.3 Å². The zero-order chi connectivity index (χ0) is 11.5. The van der Waals surface area contributed by atoms with E-state index in [-0.39, 0.29) is 5.82 Å². The van der Waals surface area contributed by atoms with Crippen LogP contribution in [0.4, 0.5) is 4.39 Å². The highest BCUT2D eigenvalue weighted by Crippen LogP contribution is 2.19. The summed E-state index contributed by atoms with van der Waals surface area (Å²) in [6, 6.07) is 4.00. The largest absolute Gasteiger partial charge is 0.322 e. The van der Waals surface area contributed by atoms with Crippen LogP contribution in [0.3, 0.4) is 0 Å². The molecule has 0 aliphatic heterocycles. The molecule has 16 heavy (non-hydrogen) atoms. The summed E-state index contributed by atoms with van der Waals surface area (Å²) in [5.74, 6) is -0.316. The van der Waals surface area contributed by atoms with Gasteiger partial charge in [-0.25, -0.2) is 4.39 Å². The van der Waals surface area contributed by atoms with Gasteiger partial charge in [-0.2, -0.15) is 15.4 Å². The van der Waals surface area contributed by atoms with Crippen molar-refractivity contribution in [2.24, 2.45) is 5.73 Å². The predicted molar refractivity (Wildman–Crippen MR) is 58.4 cm³/mol. The molecule has 6 heteroatoms. The first-order chi connectivity index (χ1) is 7.66. The molecule has 1 aromatic carbocycles. The molecule has 3 N–H and O–H groups in total. The van der Waals surface area contributed by atoms with Crippen LogP contribution in [0.25, 0.3) is 0 Å². The van der Waals surface area contributed by atoms with Crippen molar-refractivity contribution in [3.05, 3.63) is 46.5 Å². The first kappa shape index (κ1) is 11.0. The number of aromatic nitrogens is 3. The standard InChI is InChI=1S/C10H10ClFN4/c11-7-1-2-8(12)6(3-7)4-9(13)10-5-14-16-15-10/h1-3,5,9H,4,13H2,(H,14,15,16). The van der Waals surface area contributed by atoms with Gasteiger partial charge in [-0.3, -0.25) is 0 Å². The minimum Gasteiger partial charge on any atom is -0.322 e. The minimum absolute atomic E-state index is 0.316. The molecule has 0 fully saturated rings. The molecule has 0 saturated carbocycles. The molecule has 0 saturated heterocycles. The third-order valence-electron chi connectivity index (χ3n) is 2.26. The van der Waals surface area contributed by atoms with Crippen LogP contribution in [0, 0.1) is 5.82 Å². The van der Waals surface area contributed by atoms with Gasteiger partial charge in [-0.05, 0) is 30.2 Å². The summed E-state index contributed by atoms with van der Waals surface area (Å²) in [6.45, 7) is 0. The predicted octanol–water partition coefficient (Wildman–Crippen LogP) is 1.84. The van der Waals surface area contributed by atoms with E-state index in [2.05, 4.69) is 15.4 Å². The highest BCUT2D eigenvalue weighted by molar-refractivity contribution is 6.30. The number of nitrogens with zero attached hydrogens (tertiary/aromatic N) is 2. The van der Waals surface area contributed by atoms with E-state index < -0.39 is 6.04 Å². The van der Waals surface area contributed by atoms with E-state index in [1.165, 1.54) is 18.3 Å². The number of benzene rings is 1. The first-order valence-electron chi connectivity index (χ1n) is 4.72. The van der Waals surface area contributed by atoms with Crippen molar-refractivity contribution in [1.82, 2.24) is 15.4 Å². The number of halogens is 2. The van der Waals surface area contributed by atoms with Crippen molar-refractivity contribution in [1.29, 1.82) is 0 Å². The molecule has 0 aliphatic rings. The van der Waals surface area contributed by atoms with Gasteiger partial charge in [0.2, 0.25) is 0 Å². The Kier molecular flexibility index (Phi) is 3.17. The maximum Gasteiger partial charge on any atom is 0.126 e. The van der Waals surface area contributed by atoms with Crippen LogP contribution in [0.15, 0.2) is 24.4 Å². The average molecular weight is 241 g/mol. The van der Waals surface area contributed by atoms with E-state index in [0.717, 1.165) is 0 Å². The second kappa shape index (κ2) is 4.59. The molecule has 2 rings (SSSR count). The molecule has 0 spiro atoms. The van der Waals surface area contributed by atoms with E-state index in [1.807, 2.05) is 0 Å². The lowest BCUT2D eigenvalue weighted by Gasteiger charge is -2.09. The van der Waals surface area contributed by atoms with Crippen molar-refractivity contribution in [2.75, 3.05) is 0 Å². The van der Waals surface area contributed by atoms with Crippen molar-refractivity contribution >= 4 is 11.6 Å². The van der Waals surface area contributed by atoms with Crippen molar-refractivity contribution in [2.45, 2.75) is 12.5 Å². The van der Waals surface area contributed by atoms with Crippen molar-refractivity contribution in [3.8, 4) is 0 Å². The summed E-state index contributed by atoms with van der Waals surface area (Å²) in [7, 11) is 0. The van der Waals surface area contributed by atoms with Gasteiger partial charge in [0.05, 0.1) is 17.9 Å². The van der Waals surface area contributed by atoms with Crippen LogP contribution in [0.5, 0.6) is 0 Å². The summed E-state index contributed by atoms with van der Waals surface area (Å²) in [4.78, 5) is 0. The second-order valence-corrected chi connectivity index (χ2v) is 3.88. The van der Waals surface area contributed by atoms with Crippen molar-refractivity contribution in [3.63, 3.8) is 0 Å². The molecule has 84 valence electrons. The van der Waals surface area contributed by atoms with Gasteiger partial charge >= 0.3 is 0 Å². The molecule has 0 bridgehead atoms. The van der Waals surface area contributed by atoms with Crippen LogP contribution < -0.4 is 5.73 Å². The number of H-pyrrole nitrogens is 1. The topological polar surface area (TPSA) is 67.6 Å². The monoisotopic (exact) mass is 240 g/mol. The Bertz CT molecular complexity index is 472. The molecule has 0 radical (unpaired) electrons. The number of hydrogen-bond donors (Lipinski definition) is 2. The summed E-state index contributed by atoms with van der Waals surface area (Å²) in [6.07, 6.45) is 1.85. The fourth-order valence-electron chi connectivity index (χ4n) is 1.43. The number of hydrogen-bond acceptors (Lipinski definition) is 3. The van der Waals surface area contributed by atoms with Crippen LogP contribution in [-0.4, -0.2) is 15.4 Å². The molecule has 0 amide bonds. The zero-order valence-electron chi connectivity index (χ0n) is 8.32. The zero-order valence-corrected chi connectivity index (χ0v) is 9.08. The van der Waals surface area contributed by atoms with Gasteiger partial charge in [0.1, 0.15) is 5.82 Å². The molecule has 4 nitrogen and oxygen atoms in total. The minimum atomic E-state index is -0.397. The lowest BCUT2D eigenvalue weighted by Crippen LogP contribution is -2.14. The fraction of sp³-hybridized carbons (Fsp3) is 0.200. The van der Waals surface area contributed by atoms with Gasteiger partial charge in [0.25, 0.3) is 0 Å². The fourth-order valence-corrected chi connectivity index (χ4v) is 1.63. The summed E-state index contributed by atoms with van der Waals surface area (Å²) in [5.41, 5.74) is 6.93. The van der Waals surface area contributed by atoms with Gasteiger partial charge in [0, 0.05) is 5.02 Å². The normalized spacial score (nSPS) is 12.7. The quantitative estimate of drug-likeness (QED) is 0.860. The van der Waals surface area contributed by atoms with E-state index in [1.54, 1.807) is 6.07 Å². The number of aromatic amines is 1. The smallest absolute Gasteiger partial charge is 0.126 e. The van der Waals surface area contributed by atoms with Gasteiger partial charge in [0.15, 0.2) is 0 Å². The Morgan fingerprint density at radius 1 is 1.50 bits per heavy atom. The summed E-state index contributed by atoms with van der Waals surface area (Å²) in [5, 5.41) is 10.4. The Labute approximate surface area is 96.6 Å². The van der Waals surface area contributed by atoms with Gasteiger partial charge < -0.3 is 5.73 Å². The Morgan fingerprint density at radius 3 is 3.00 bits per heavy atom. The highest BCUT2D eigenvalue weighted by Gasteiger charge is 2.12. The third-order valence-corrected chi connectivity index (χ3v) is 2.50. The van der Waals surface area contributed by atoms with E-state index in [0.29, 0.717) is 22.7 Å². The molecule has 1 atom stereocenters. The molecular formula is C10H10ClFN4. The molecular weight excluding hydrogens is 231 g/mol. The number of nitrogens with two attached hydrogens (primary N) is 1. The Hall–Kier alpha value is -1.46. The Morgan fingerprint density at radius 2 is 2.31 bits per heavy atom. The average Bonchev–Trinajstić information content (AvgIpc) is 2.76. The first-order valence-corrected chi connectivity index (χ1v) is 5.10. The summed E-state index contributed by atoms with van der Waals surface area (Å²) >= 11 is 5.78. The maximum atomic E-state index is 13.4. The van der Waals surface area contributed by atoms with E-state index in [4.69, 9.17) is 17.3 Å². The molecule has 1 unspecified atom stereocenters. The van der Waals surface area contributed by atoms with Gasteiger partial charge in [-0.15, -0.1) is 0 Å². The van der Waals surface area contributed by atoms with Crippen LogP contribution >= 0.6 is 11.6 Å². The number of nitrogens with one attached hydrogen (secondary N) is 1. The van der Waals surface area contributed by atoms with Crippen molar-refractivity contribution < 1.29 is 4.39 Å².